The van der Waals surface area contributed by atoms with Gasteiger partial charge < -0.3 is 15.1 Å². The van der Waals surface area contributed by atoms with E-state index in [0.717, 1.165) is 47.4 Å². The second-order valence-corrected chi connectivity index (χ2v) is 13.8. The van der Waals surface area contributed by atoms with Crippen LogP contribution < -0.4 is 0 Å². The number of aliphatic carboxylic acids is 1. The molecule has 1 aliphatic heterocycles. The van der Waals surface area contributed by atoms with Crippen molar-refractivity contribution in [3.63, 3.8) is 0 Å². The average molecular weight is 712 g/mol. The van der Waals surface area contributed by atoms with Crippen LogP contribution in [0.4, 0.5) is 35.1 Å². The summed E-state index contributed by atoms with van der Waals surface area (Å²) in [7, 11) is -4.70. The fourth-order valence-corrected chi connectivity index (χ4v) is 9.13. The highest BCUT2D eigenvalue weighted by molar-refractivity contribution is 7.92. The summed E-state index contributed by atoms with van der Waals surface area (Å²) in [5, 5.41) is 18.6. The highest BCUT2D eigenvalue weighted by atomic mass is 35.5. The summed E-state index contributed by atoms with van der Waals surface area (Å²) in [6.07, 6.45) is -15.9. The second kappa shape index (κ2) is 11.4. The number of carbonyl (C=O) groups is 2. The van der Waals surface area contributed by atoms with E-state index < -0.39 is 79.3 Å². The summed E-state index contributed by atoms with van der Waals surface area (Å²) < 4.78 is 137. The summed E-state index contributed by atoms with van der Waals surface area (Å²) >= 11 is 6.12. The number of aliphatic hydroxyl groups excluding tert-OH is 1. The van der Waals surface area contributed by atoms with Crippen LogP contribution in [0.5, 0.6) is 0 Å². The Kier molecular flexibility index (Phi) is 8.42. The maximum Gasteiger partial charge on any atom is 0.435 e. The second-order valence-electron chi connectivity index (χ2n) is 11.2. The molecule has 7 nitrogen and oxygen atoms in total. The van der Waals surface area contributed by atoms with E-state index in [4.69, 9.17) is 16.7 Å². The zero-order valence-corrected chi connectivity index (χ0v) is 25.1. The van der Waals surface area contributed by atoms with Crippen LogP contribution in [0.2, 0.25) is 5.02 Å². The largest absolute Gasteiger partial charge is 0.479 e. The molecule has 1 amide bonds. The van der Waals surface area contributed by atoms with Crippen LogP contribution in [0.1, 0.15) is 51.6 Å². The average Bonchev–Trinajstić information content (AvgIpc) is 3.40. The lowest BCUT2D eigenvalue weighted by atomic mass is 9.76. The standard InChI is InChI=1S/C30H22ClF8NO6S/c31-22-14-16(1-8-20(22)24(41)26(43)44)25(42)40-12-11-27(47(45,46)19-6-4-18(32)5-7-19)21-9-3-17(13-15(21)2-10-23(27)40)28(33,29(34,35)36)30(37,38)39/h1,3-9,13-14,23-24,41H,2,10-12H2,(H,43,44)/t23-,24?,27-/m1/s1. The molecule has 47 heavy (non-hydrogen) atoms. The Bertz CT molecular complexity index is 1850. The van der Waals surface area contributed by atoms with Crippen LogP contribution in [-0.2, 0) is 31.5 Å². The van der Waals surface area contributed by atoms with Crippen LogP contribution in [0.3, 0.4) is 0 Å². The SMILES string of the molecule is O=C(O)C(O)c1ccc(C(=O)N2CC[C@@]3(S(=O)(=O)c4ccc(F)cc4)c4ccc(C(F)(C(F)(F)F)C(F)(F)F)cc4CC[C@@H]23)cc1Cl. The Balaban J connectivity index is 1.66. The number of fused-ring (bicyclic) bond motifs is 3. The van der Waals surface area contributed by atoms with Gasteiger partial charge in [-0.15, -0.1) is 0 Å². The molecule has 17 heteroatoms. The molecule has 3 atom stereocenters. The first kappa shape index (κ1) is 34.6. The van der Waals surface area contributed by atoms with E-state index in [2.05, 4.69) is 0 Å². The van der Waals surface area contributed by atoms with Gasteiger partial charge in [0, 0.05) is 28.3 Å². The molecular weight excluding hydrogens is 690 g/mol. The minimum absolute atomic E-state index is 0.148. The monoisotopic (exact) mass is 711 g/mol. The molecular formula is C30H22ClF8NO6S. The van der Waals surface area contributed by atoms with Gasteiger partial charge in [-0.25, -0.2) is 22.0 Å². The third kappa shape index (κ3) is 5.24. The Morgan fingerprint density at radius 3 is 2.11 bits per heavy atom. The Morgan fingerprint density at radius 1 is 0.936 bits per heavy atom. The summed E-state index contributed by atoms with van der Waals surface area (Å²) in [6.45, 7) is -0.291. The first-order valence-electron chi connectivity index (χ1n) is 13.7. The van der Waals surface area contributed by atoms with Crippen LogP contribution in [0.25, 0.3) is 0 Å². The number of halogens is 9. The number of alkyl halides is 7. The normalized spacial score (nSPS) is 20.8. The summed E-state index contributed by atoms with van der Waals surface area (Å²) in [4.78, 5) is 25.7. The van der Waals surface area contributed by atoms with Crippen molar-refractivity contribution >= 4 is 33.3 Å². The van der Waals surface area contributed by atoms with E-state index in [-0.39, 0.29) is 52.7 Å². The highest BCUT2D eigenvalue weighted by Gasteiger charge is 2.74. The van der Waals surface area contributed by atoms with Gasteiger partial charge in [-0.1, -0.05) is 35.9 Å². The maximum atomic E-state index is 15.0. The smallest absolute Gasteiger partial charge is 0.435 e. The zero-order chi connectivity index (χ0) is 34.9. The van der Waals surface area contributed by atoms with Gasteiger partial charge in [-0.2, -0.15) is 26.3 Å². The number of carboxylic acids is 1. The molecule has 252 valence electrons. The number of nitrogens with zero attached hydrogens (tertiary/aromatic N) is 1. The number of sulfone groups is 1. The first-order valence-corrected chi connectivity index (χ1v) is 15.5. The molecule has 0 saturated carbocycles. The van der Waals surface area contributed by atoms with Crippen LogP contribution >= 0.6 is 11.6 Å². The lowest BCUT2D eigenvalue weighted by Gasteiger charge is -2.43. The van der Waals surface area contributed by atoms with Crippen molar-refractivity contribution in [2.75, 3.05) is 6.54 Å². The lowest BCUT2D eigenvalue weighted by Crippen LogP contribution is -2.53. The van der Waals surface area contributed by atoms with Gasteiger partial charge in [0.25, 0.3) is 5.91 Å². The molecule has 1 unspecified atom stereocenters. The molecule has 0 aromatic heterocycles. The van der Waals surface area contributed by atoms with Crippen molar-refractivity contribution < 1.29 is 63.3 Å². The molecule has 5 rings (SSSR count). The molecule has 0 spiro atoms. The molecule has 0 bridgehead atoms. The zero-order valence-electron chi connectivity index (χ0n) is 23.5. The minimum Gasteiger partial charge on any atom is -0.479 e. The van der Waals surface area contributed by atoms with E-state index in [1.54, 1.807) is 0 Å². The Hall–Kier alpha value is -3.76. The van der Waals surface area contributed by atoms with Gasteiger partial charge in [0.1, 0.15) is 10.6 Å². The minimum atomic E-state index is -6.41. The number of rotatable bonds is 6. The van der Waals surface area contributed by atoms with Gasteiger partial charge in [0.2, 0.25) is 0 Å². The number of hydrogen-bond acceptors (Lipinski definition) is 5. The van der Waals surface area contributed by atoms with Gasteiger partial charge in [-0.3, -0.25) is 4.79 Å². The summed E-state index contributed by atoms with van der Waals surface area (Å²) in [6, 6.07) is 6.78. The number of likely N-dealkylation sites (tertiary alicyclic amines) is 1. The summed E-state index contributed by atoms with van der Waals surface area (Å²) in [5.41, 5.74) is -8.52. The number of aryl methyl sites for hydroxylation is 1. The number of hydrogen-bond donors (Lipinski definition) is 2. The van der Waals surface area contributed by atoms with Crippen molar-refractivity contribution in [3.8, 4) is 0 Å². The number of carboxylic acid groups (broad SMARTS) is 1. The van der Waals surface area contributed by atoms with Crippen LogP contribution in [0, 0.1) is 5.82 Å². The van der Waals surface area contributed by atoms with Crippen LogP contribution in [0.15, 0.2) is 65.6 Å². The molecule has 3 aromatic carbocycles. The van der Waals surface area contributed by atoms with Crippen molar-refractivity contribution in [2.45, 2.75) is 59.1 Å². The molecule has 2 N–H and O–H groups in total. The predicted octanol–water partition coefficient (Wildman–Crippen LogP) is 6.42. The Labute approximate surface area is 266 Å². The van der Waals surface area contributed by atoms with Crippen LogP contribution in [-0.4, -0.2) is 60.3 Å². The first-order chi connectivity index (χ1) is 21.7. The summed E-state index contributed by atoms with van der Waals surface area (Å²) in [5.74, 6) is -3.23. The third-order valence-corrected chi connectivity index (χ3v) is 11.6. The van der Waals surface area contributed by atoms with Gasteiger partial charge in [-0.05, 0) is 66.8 Å². The molecule has 3 aromatic rings. The number of carbonyl (C=O) groups excluding carboxylic acids is 1. The van der Waals surface area contributed by atoms with E-state index in [0.29, 0.717) is 12.1 Å². The molecule has 1 fully saturated rings. The van der Waals surface area contributed by atoms with Gasteiger partial charge in [0.15, 0.2) is 15.9 Å². The van der Waals surface area contributed by atoms with Crippen molar-refractivity contribution in [3.05, 3.63) is 99.3 Å². The van der Waals surface area contributed by atoms with Gasteiger partial charge >= 0.3 is 24.0 Å². The highest BCUT2D eigenvalue weighted by Crippen LogP contribution is 2.57. The third-order valence-electron chi connectivity index (χ3n) is 8.71. The molecule has 1 aliphatic carbocycles. The van der Waals surface area contributed by atoms with Crippen molar-refractivity contribution in [2.24, 2.45) is 0 Å². The fourth-order valence-electron chi connectivity index (χ4n) is 6.48. The number of aliphatic hydroxyl groups is 1. The van der Waals surface area contributed by atoms with E-state index in [9.17, 15) is 53.8 Å². The number of amides is 1. The van der Waals surface area contributed by atoms with E-state index >= 15 is 4.39 Å². The quantitative estimate of drug-likeness (QED) is 0.226. The van der Waals surface area contributed by atoms with E-state index in [1.165, 1.54) is 0 Å². The predicted molar refractivity (Wildman–Crippen MR) is 148 cm³/mol. The molecule has 0 radical (unpaired) electrons. The Morgan fingerprint density at radius 2 is 1.55 bits per heavy atom. The van der Waals surface area contributed by atoms with Crippen molar-refractivity contribution in [1.82, 2.24) is 4.90 Å². The molecule has 1 saturated heterocycles. The molecule has 1 heterocycles. The van der Waals surface area contributed by atoms with Gasteiger partial charge in [0.05, 0.1) is 10.9 Å². The maximum absolute atomic E-state index is 15.0. The lowest BCUT2D eigenvalue weighted by molar-refractivity contribution is -0.348. The topological polar surface area (TPSA) is 112 Å². The fraction of sp³-hybridized carbons (Fsp3) is 0.333. The van der Waals surface area contributed by atoms with Crippen molar-refractivity contribution in [1.29, 1.82) is 0 Å². The molecule has 2 aliphatic rings. The van der Waals surface area contributed by atoms with E-state index in [1.807, 2.05) is 0 Å². The number of benzene rings is 3.